The van der Waals surface area contributed by atoms with E-state index in [4.69, 9.17) is 0 Å². The number of piperazine rings is 1. The molecule has 1 aliphatic heterocycles. The van der Waals surface area contributed by atoms with Gasteiger partial charge in [-0.15, -0.1) is 24.8 Å². The molecule has 158 valence electrons. The van der Waals surface area contributed by atoms with E-state index in [-0.39, 0.29) is 24.8 Å². The molecule has 0 aromatic heterocycles. The lowest BCUT2D eigenvalue weighted by atomic mass is 10.0. The van der Waals surface area contributed by atoms with Crippen molar-refractivity contribution in [3.63, 3.8) is 0 Å². The van der Waals surface area contributed by atoms with Gasteiger partial charge in [0.2, 0.25) is 0 Å². The largest absolute Gasteiger partial charge is 0.297 e. The van der Waals surface area contributed by atoms with Gasteiger partial charge in [0.05, 0.1) is 0 Å². The molecule has 1 heterocycles. The first-order valence-corrected chi connectivity index (χ1v) is 10.2. The minimum atomic E-state index is 0. The quantitative estimate of drug-likeness (QED) is 0.461. The summed E-state index contributed by atoms with van der Waals surface area (Å²) in [6, 6.07) is 30.1. The van der Waals surface area contributed by atoms with Crippen LogP contribution in [-0.4, -0.2) is 42.5 Å². The molecule has 1 fully saturated rings. The first-order valence-electron chi connectivity index (χ1n) is 10.2. The predicted molar refractivity (Wildman–Crippen MR) is 134 cm³/mol. The Kier molecular flexibility index (Phi) is 10.1. The van der Waals surface area contributed by atoms with Crippen molar-refractivity contribution in [3.8, 4) is 11.1 Å². The van der Waals surface area contributed by atoms with E-state index in [1.54, 1.807) is 0 Å². The summed E-state index contributed by atoms with van der Waals surface area (Å²) >= 11 is 0. The average molecular weight is 441 g/mol. The summed E-state index contributed by atoms with van der Waals surface area (Å²) in [5, 5.41) is 0. The molecule has 0 aliphatic carbocycles. The average Bonchev–Trinajstić information content (AvgIpc) is 2.77. The fraction of sp³-hybridized carbons (Fsp3) is 0.231. The summed E-state index contributed by atoms with van der Waals surface area (Å²) < 4.78 is 0. The SMILES string of the molecule is C(=Cc1ccc(-c2ccccc2)cc1)CN1CCN(Cc2ccccc2)CC1.Cl.Cl. The normalized spacial score (nSPS) is 14.8. The van der Waals surface area contributed by atoms with Gasteiger partial charge in [0.1, 0.15) is 0 Å². The zero-order valence-electron chi connectivity index (χ0n) is 17.2. The maximum Gasteiger partial charge on any atom is 0.0234 e. The van der Waals surface area contributed by atoms with Gasteiger partial charge in [0, 0.05) is 39.3 Å². The van der Waals surface area contributed by atoms with E-state index in [1.165, 1.54) is 22.3 Å². The molecule has 30 heavy (non-hydrogen) atoms. The highest BCUT2D eigenvalue weighted by Gasteiger charge is 2.15. The number of nitrogens with zero attached hydrogens (tertiary/aromatic N) is 2. The van der Waals surface area contributed by atoms with Crippen molar-refractivity contribution in [2.24, 2.45) is 0 Å². The summed E-state index contributed by atoms with van der Waals surface area (Å²) in [5.41, 5.74) is 5.22. The van der Waals surface area contributed by atoms with E-state index in [9.17, 15) is 0 Å². The van der Waals surface area contributed by atoms with E-state index in [0.29, 0.717) is 0 Å². The molecular formula is C26H30Cl2N2. The predicted octanol–water partition coefficient (Wildman–Crippen LogP) is 6.03. The van der Waals surface area contributed by atoms with Crippen molar-refractivity contribution in [1.82, 2.24) is 9.80 Å². The Hall–Kier alpha value is -2.10. The Morgan fingerprint density at radius 3 is 1.77 bits per heavy atom. The first kappa shape index (κ1) is 24.2. The lowest BCUT2D eigenvalue weighted by Crippen LogP contribution is -2.45. The zero-order valence-corrected chi connectivity index (χ0v) is 18.8. The van der Waals surface area contributed by atoms with Crippen LogP contribution in [0.25, 0.3) is 17.2 Å². The van der Waals surface area contributed by atoms with Crippen LogP contribution >= 0.6 is 24.8 Å². The van der Waals surface area contributed by atoms with Gasteiger partial charge in [-0.1, -0.05) is 97.1 Å². The highest BCUT2D eigenvalue weighted by molar-refractivity contribution is 5.85. The zero-order chi connectivity index (χ0) is 19.0. The molecule has 1 saturated heterocycles. The van der Waals surface area contributed by atoms with Crippen LogP contribution in [0.1, 0.15) is 11.1 Å². The third kappa shape index (κ3) is 7.00. The maximum absolute atomic E-state index is 2.55. The molecule has 3 aromatic rings. The fourth-order valence-electron chi connectivity index (χ4n) is 3.73. The Balaban J connectivity index is 0.00000160. The fourth-order valence-corrected chi connectivity index (χ4v) is 3.73. The molecule has 0 bridgehead atoms. The van der Waals surface area contributed by atoms with Gasteiger partial charge in [0.25, 0.3) is 0 Å². The Labute approximate surface area is 193 Å². The van der Waals surface area contributed by atoms with Gasteiger partial charge in [0.15, 0.2) is 0 Å². The summed E-state index contributed by atoms with van der Waals surface area (Å²) in [6.45, 7) is 6.68. The van der Waals surface area contributed by atoms with Gasteiger partial charge in [-0.25, -0.2) is 0 Å². The molecule has 0 unspecified atom stereocenters. The third-order valence-corrected chi connectivity index (χ3v) is 5.41. The van der Waals surface area contributed by atoms with Gasteiger partial charge >= 0.3 is 0 Å². The van der Waals surface area contributed by atoms with Crippen LogP contribution in [0.2, 0.25) is 0 Å². The molecule has 3 aromatic carbocycles. The molecule has 1 aliphatic rings. The number of benzene rings is 3. The van der Waals surface area contributed by atoms with Crippen LogP contribution in [0.15, 0.2) is 91.0 Å². The first-order chi connectivity index (χ1) is 13.9. The van der Waals surface area contributed by atoms with Crippen LogP contribution < -0.4 is 0 Å². The van der Waals surface area contributed by atoms with Gasteiger partial charge < -0.3 is 0 Å². The Morgan fingerprint density at radius 2 is 1.13 bits per heavy atom. The van der Waals surface area contributed by atoms with Crippen molar-refractivity contribution in [3.05, 3.63) is 102 Å². The van der Waals surface area contributed by atoms with E-state index < -0.39 is 0 Å². The van der Waals surface area contributed by atoms with E-state index >= 15 is 0 Å². The second-order valence-electron chi connectivity index (χ2n) is 7.45. The van der Waals surface area contributed by atoms with E-state index in [2.05, 4.69) is 107 Å². The van der Waals surface area contributed by atoms with Crippen LogP contribution in [0.4, 0.5) is 0 Å². The van der Waals surface area contributed by atoms with Crippen molar-refractivity contribution < 1.29 is 0 Å². The second kappa shape index (κ2) is 12.6. The highest BCUT2D eigenvalue weighted by Crippen LogP contribution is 2.19. The van der Waals surface area contributed by atoms with E-state index in [1.807, 2.05) is 0 Å². The smallest absolute Gasteiger partial charge is 0.0234 e. The Bertz CT molecular complexity index is 872. The maximum atomic E-state index is 2.55. The number of hydrogen-bond donors (Lipinski definition) is 0. The highest BCUT2D eigenvalue weighted by atomic mass is 35.5. The summed E-state index contributed by atoms with van der Waals surface area (Å²) in [6.07, 6.45) is 4.54. The van der Waals surface area contributed by atoms with E-state index in [0.717, 1.165) is 39.3 Å². The number of hydrogen-bond acceptors (Lipinski definition) is 2. The number of halogens is 2. The molecule has 0 saturated carbocycles. The monoisotopic (exact) mass is 440 g/mol. The molecule has 0 radical (unpaired) electrons. The lowest BCUT2D eigenvalue weighted by molar-refractivity contribution is 0.137. The number of rotatable bonds is 6. The summed E-state index contributed by atoms with van der Waals surface area (Å²) in [5.74, 6) is 0. The van der Waals surface area contributed by atoms with Crippen molar-refractivity contribution in [2.75, 3.05) is 32.7 Å². The molecule has 0 spiro atoms. The Morgan fingerprint density at radius 1 is 0.600 bits per heavy atom. The minimum Gasteiger partial charge on any atom is -0.297 e. The van der Waals surface area contributed by atoms with Crippen LogP contribution in [0, 0.1) is 0 Å². The van der Waals surface area contributed by atoms with Crippen molar-refractivity contribution >= 4 is 30.9 Å². The lowest BCUT2D eigenvalue weighted by Gasteiger charge is -2.34. The molecule has 4 heteroatoms. The van der Waals surface area contributed by atoms with Crippen LogP contribution in [-0.2, 0) is 6.54 Å². The van der Waals surface area contributed by atoms with Crippen LogP contribution in [0.5, 0.6) is 0 Å². The topological polar surface area (TPSA) is 6.48 Å². The van der Waals surface area contributed by atoms with Gasteiger partial charge in [-0.05, 0) is 22.3 Å². The van der Waals surface area contributed by atoms with Crippen molar-refractivity contribution in [2.45, 2.75) is 6.54 Å². The molecule has 0 amide bonds. The van der Waals surface area contributed by atoms with Crippen molar-refractivity contribution in [1.29, 1.82) is 0 Å². The standard InChI is InChI=1S/C26H28N2.2ClH/c1-3-8-24(9-4-1)22-28-20-18-27(19-21-28)17-7-10-23-13-15-26(16-14-23)25-11-5-2-6-12-25;;/h1-16H,17-22H2;2*1H. The molecule has 4 rings (SSSR count). The minimum absolute atomic E-state index is 0. The molecule has 0 atom stereocenters. The van der Waals surface area contributed by atoms with Gasteiger partial charge in [-0.3, -0.25) is 9.80 Å². The summed E-state index contributed by atoms with van der Waals surface area (Å²) in [7, 11) is 0. The van der Waals surface area contributed by atoms with Gasteiger partial charge in [-0.2, -0.15) is 0 Å². The third-order valence-electron chi connectivity index (χ3n) is 5.41. The molecule has 2 nitrogen and oxygen atoms in total. The summed E-state index contributed by atoms with van der Waals surface area (Å²) in [4.78, 5) is 5.09. The molecular weight excluding hydrogens is 411 g/mol. The second-order valence-corrected chi connectivity index (χ2v) is 7.45. The van der Waals surface area contributed by atoms with Crippen LogP contribution in [0.3, 0.4) is 0 Å². The molecule has 0 N–H and O–H groups in total.